The Bertz CT molecular complexity index is 749. The minimum absolute atomic E-state index is 0. The number of nitrogens with one attached hydrogen (secondary N) is 3. The molecule has 1 amide bonds. The molecule has 0 bridgehead atoms. The first-order chi connectivity index (χ1) is 12.7. The van der Waals surface area contributed by atoms with Crippen molar-refractivity contribution < 1.29 is 4.79 Å². The number of rotatable bonds is 4. The molecule has 1 aliphatic carbocycles. The molecule has 1 aliphatic heterocycles. The van der Waals surface area contributed by atoms with Gasteiger partial charge in [-0.2, -0.15) is 10.2 Å². The molecule has 1 saturated carbocycles. The summed E-state index contributed by atoms with van der Waals surface area (Å²) in [6.45, 7) is 1.49. The number of hydrogen-bond donors (Lipinski definition) is 3. The van der Waals surface area contributed by atoms with Gasteiger partial charge in [0.1, 0.15) is 0 Å². The third kappa shape index (κ3) is 4.52. The minimum atomic E-state index is -0.0998. The highest BCUT2D eigenvalue weighted by Gasteiger charge is 2.35. The van der Waals surface area contributed by atoms with E-state index < -0.39 is 0 Å². The molecule has 3 heterocycles. The molecule has 2 aromatic rings. The van der Waals surface area contributed by atoms with Crippen molar-refractivity contribution in [3.05, 3.63) is 29.7 Å². The maximum Gasteiger partial charge on any atom is 0.230 e. The first-order valence-electron chi connectivity index (χ1n) is 9.76. The summed E-state index contributed by atoms with van der Waals surface area (Å²) in [5.74, 6) is 1.28. The number of aryl methyl sites for hydroxylation is 1. The van der Waals surface area contributed by atoms with E-state index in [1.807, 2.05) is 25.5 Å². The highest BCUT2D eigenvalue weighted by atomic mass is 35.5. The topological polar surface area (TPSA) is 87.6 Å². The zero-order valence-corrected chi connectivity index (χ0v) is 16.6. The van der Waals surface area contributed by atoms with Gasteiger partial charge in [0.05, 0.1) is 12.1 Å². The fraction of sp³-hybridized carbons (Fsp3) is 0.632. The molecule has 27 heavy (non-hydrogen) atoms. The molecule has 0 spiro atoms. The van der Waals surface area contributed by atoms with Crippen molar-refractivity contribution in [3.63, 3.8) is 0 Å². The van der Waals surface area contributed by atoms with E-state index in [0.717, 1.165) is 17.8 Å². The van der Waals surface area contributed by atoms with Gasteiger partial charge in [-0.3, -0.25) is 14.6 Å². The van der Waals surface area contributed by atoms with Gasteiger partial charge in [-0.1, -0.05) is 25.7 Å². The molecule has 3 N–H and O–H groups in total. The average molecular weight is 393 g/mol. The van der Waals surface area contributed by atoms with Gasteiger partial charge in [0.25, 0.3) is 0 Å². The van der Waals surface area contributed by atoms with Crippen molar-refractivity contribution in [1.82, 2.24) is 25.3 Å². The van der Waals surface area contributed by atoms with Crippen LogP contribution in [-0.4, -0.2) is 39.0 Å². The van der Waals surface area contributed by atoms with E-state index in [2.05, 4.69) is 25.9 Å². The van der Waals surface area contributed by atoms with Crippen LogP contribution in [0.25, 0.3) is 0 Å². The Hall–Kier alpha value is -1.86. The molecule has 0 aromatic carbocycles. The number of hydrogen-bond acceptors (Lipinski definition) is 4. The fourth-order valence-corrected chi connectivity index (χ4v) is 4.36. The molecular formula is C19H29ClN6O. The van der Waals surface area contributed by atoms with Crippen LogP contribution in [0.5, 0.6) is 0 Å². The summed E-state index contributed by atoms with van der Waals surface area (Å²) in [4.78, 5) is 12.8. The Kier molecular flexibility index (Phi) is 6.55. The van der Waals surface area contributed by atoms with E-state index in [1.165, 1.54) is 38.5 Å². The van der Waals surface area contributed by atoms with E-state index >= 15 is 0 Å². The number of carbonyl (C=O) groups excluding carboxylic acids is 1. The number of nitrogens with zero attached hydrogens (tertiary/aromatic N) is 3. The van der Waals surface area contributed by atoms with Gasteiger partial charge >= 0.3 is 0 Å². The maximum absolute atomic E-state index is 12.8. The highest BCUT2D eigenvalue weighted by molar-refractivity contribution is 5.92. The largest absolute Gasteiger partial charge is 0.315 e. The minimum Gasteiger partial charge on any atom is -0.315 e. The predicted octanol–water partition coefficient (Wildman–Crippen LogP) is 2.94. The second-order valence-corrected chi connectivity index (χ2v) is 7.70. The number of anilines is 1. The summed E-state index contributed by atoms with van der Waals surface area (Å²) in [5, 5.41) is 18.1. The number of aromatic amines is 1. The van der Waals surface area contributed by atoms with Gasteiger partial charge in [-0.05, 0) is 18.4 Å². The zero-order chi connectivity index (χ0) is 17.9. The van der Waals surface area contributed by atoms with Gasteiger partial charge in [-0.25, -0.2) is 0 Å². The van der Waals surface area contributed by atoms with Crippen LogP contribution in [0.3, 0.4) is 0 Å². The molecule has 0 unspecified atom stereocenters. The second kappa shape index (κ2) is 8.89. The van der Waals surface area contributed by atoms with E-state index in [9.17, 15) is 4.79 Å². The lowest BCUT2D eigenvalue weighted by atomic mass is 9.90. The van der Waals surface area contributed by atoms with Gasteiger partial charge in [0.2, 0.25) is 5.91 Å². The molecule has 8 heteroatoms. The summed E-state index contributed by atoms with van der Waals surface area (Å²) in [6, 6.07) is 2.02. The van der Waals surface area contributed by atoms with Crippen molar-refractivity contribution in [2.45, 2.75) is 50.4 Å². The Morgan fingerprint density at radius 1 is 1.22 bits per heavy atom. The highest BCUT2D eigenvalue weighted by Crippen LogP contribution is 2.32. The van der Waals surface area contributed by atoms with Gasteiger partial charge < -0.3 is 10.6 Å². The second-order valence-electron chi connectivity index (χ2n) is 7.70. The van der Waals surface area contributed by atoms with Crippen molar-refractivity contribution in [3.8, 4) is 0 Å². The molecule has 2 atom stereocenters. The van der Waals surface area contributed by atoms with E-state index in [-0.39, 0.29) is 30.2 Å². The first kappa shape index (κ1) is 19.9. The van der Waals surface area contributed by atoms with Crippen LogP contribution in [0.4, 0.5) is 5.82 Å². The van der Waals surface area contributed by atoms with Crippen molar-refractivity contribution in [2.24, 2.45) is 13.0 Å². The Morgan fingerprint density at radius 3 is 2.70 bits per heavy atom. The standard InChI is InChI=1S/C19H28N6O.ClH/c1-25-12-14(9-21-25)15-10-20-11-16(15)19(26)22-18-8-17(23-24-18)13-6-4-2-3-5-7-13;/h8-9,12-13,15-16,20H,2-7,10-11H2,1H3,(H2,22,23,24,26);1H/t15-,16+;/m1./s1. The van der Waals surface area contributed by atoms with E-state index in [0.29, 0.717) is 18.3 Å². The molecule has 7 nitrogen and oxygen atoms in total. The normalized spacial score (nSPS) is 23.6. The Balaban J connectivity index is 0.00000210. The zero-order valence-electron chi connectivity index (χ0n) is 15.8. The third-order valence-electron chi connectivity index (χ3n) is 5.85. The quantitative estimate of drug-likeness (QED) is 0.698. The summed E-state index contributed by atoms with van der Waals surface area (Å²) < 4.78 is 1.79. The molecule has 148 valence electrons. The summed E-state index contributed by atoms with van der Waals surface area (Å²) >= 11 is 0. The van der Waals surface area contributed by atoms with E-state index in [1.54, 1.807) is 4.68 Å². The molecule has 2 fully saturated rings. The first-order valence-corrected chi connectivity index (χ1v) is 9.76. The van der Waals surface area contributed by atoms with Crippen LogP contribution in [-0.2, 0) is 11.8 Å². The van der Waals surface area contributed by atoms with Crippen molar-refractivity contribution in [1.29, 1.82) is 0 Å². The van der Waals surface area contributed by atoms with E-state index in [4.69, 9.17) is 0 Å². The van der Waals surface area contributed by atoms with Crippen molar-refractivity contribution in [2.75, 3.05) is 18.4 Å². The molecule has 1 saturated heterocycles. The van der Waals surface area contributed by atoms with Crippen molar-refractivity contribution >= 4 is 24.1 Å². The van der Waals surface area contributed by atoms with Crippen LogP contribution in [0, 0.1) is 5.92 Å². The summed E-state index contributed by atoms with van der Waals surface area (Å²) in [7, 11) is 1.90. The third-order valence-corrected chi connectivity index (χ3v) is 5.85. The molecule has 4 rings (SSSR count). The lowest BCUT2D eigenvalue weighted by Crippen LogP contribution is -2.28. The number of carbonyl (C=O) groups is 1. The van der Waals surface area contributed by atoms with Crippen LogP contribution in [0.1, 0.15) is 61.6 Å². The fourth-order valence-electron chi connectivity index (χ4n) is 4.36. The van der Waals surface area contributed by atoms with Crippen LogP contribution in [0.2, 0.25) is 0 Å². The van der Waals surface area contributed by atoms with Crippen LogP contribution >= 0.6 is 12.4 Å². The maximum atomic E-state index is 12.8. The van der Waals surface area contributed by atoms with Gasteiger partial charge in [-0.15, -0.1) is 12.4 Å². The molecular weight excluding hydrogens is 364 g/mol. The number of H-pyrrole nitrogens is 1. The molecule has 2 aliphatic rings. The van der Waals surface area contributed by atoms with Gasteiger partial charge in [0.15, 0.2) is 5.82 Å². The van der Waals surface area contributed by atoms with Crippen LogP contribution in [0.15, 0.2) is 18.5 Å². The lowest BCUT2D eigenvalue weighted by Gasteiger charge is -2.16. The predicted molar refractivity (Wildman–Crippen MR) is 107 cm³/mol. The summed E-state index contributed by atoms with van der Waals surface area (Å²) in [6.07, 6.45) is 11.5. The number of halogens is 1. The SMILES string of the molecule is Cl.Cn1cc([C@H]2CNC[C@@H]2C(=O)Nc2cc(C3CCCCCC3)[nH]n2)cn1. The monoisotopic (exact) mass is 392 g/mol. The number of aromatic nitrogens is 4. The lowest BCUT2D eigenvalue weighted by molar-refractivity contribution is -0.119. The average Bonchev–Trinajstić information content (AvgIpc) is 3.33. The smallest absolute Gasteiger partial charge is 0.230 e. The Morgan fingerprint density at radius 2 is 2.00 bits per heavy atom. The van der Waals surface area contributed by atoms with Gasteiger partial charge in [0, 0.05) is 49.9 Å². The summed E-state index contributed by atoms with van der Waals surface area (Å²) in [5.41, 5.74) is 2.27. The molecule has 0 radical (unpaired) electrons. The van der Waals surface area contributed by atoms with Crippen LogP contribution < -0.4 is 10.6 Å². The number of amides is 1. The Labute approximate surface area is 166 Å². The molecule has 2 aromatic heterocycles.